The molecule has 122 valence electrons. The summed E-state index contributed by atoms with van der Waals surface area (Å²) < 4.78 is 2.33. The van der Waals surface area contributed by atoms with E-state index in [9.17, 15) is 0 Å². The number of rotatable bonds is 6. The van der Waals surface area contributed by atoms with Crippen molar-refractivity contribution in [3.8, 4) is 0 Å². The van der Waals surface area contributed by atoms with Crippen molar-refractivity contribution in [1.82, 2.24) is 20.1 Å². The largest absolute Gasteiger partial charge is 0.315 e. The first kappa shape index (κ1) is 15.9. The van der Waals surface area contributed by atoms with Gasteiger partial charge in [0.15, 0.2) is 0 Å². The average molecular weight is 310 g/mol. The van der Waals surface area contributed by atoms with E-state index in [4.69, 9.17) is 0 Å². The molecule has 0 bridgehead atoms. The summed E-state index contributed by atoms with van der Waals surface area (Å²) >= 11 is 0. The summed E-state index contributed by atoms with van der Waals surface area (Å²) in [6.45, 7) is 5.11. The summed E-state index contributed by atoms with van der Waals surface area (Å²) in [5.41, 5.74) is 2.60. The second kappa shape index (κ2) is 8.06. The van der Waals surface area contributed by atoms with Crippen molar-refractivity contribution < 1.29 is 0 Å². The van der Waals surface area contributed by atoms with Gasteiger partial charge in [0, 0.05) is 32.5 Å². The van der Waals surface area contributed by atoms with Crippen molar-refractivity contribution in [2.45, 2.75) is 45.6 Å². The third kappa shape index (κ3) is 4.52. The first-order valence-electron chi connectivity index (χ1n) is 8.67. The van der Waals surface area contributed by atoms with E-state index in [1.807, 2.05) is 6.07 Å². The van der Waals surface area contributed by atoms with E-state index in [1.54, 1.807) is 0 Å². The van der Waals surface area contributed by atoms with Crippen LogP contribution in [0.4, 0.5) is 0 Å². The van der Waals surface area contributed by atoms with Crippen molar-refractivity contribution in [3.05, 3.63) is 53.1 Å². The van der Waals surface area contributed by atoms with Crippen LogP contribution in [0.5, 0.6) is 0 Å². The zero-order chi connectivity index (χ0) is 15.9. The van der Waals surface area contributed by atoms with E-state index >= 15 is 0 Å². The van der Waals surface area contributed by atoms with Crippen LogP contribution in [-0.4, -0.2) is 27.9 Å². The summed E-state index contributed by atoms with van der Waals surface area (Å²) in [7, 11) is 0. The lowest BCUT2D eigenvalue weighted by atomic mass is 10.1. The second-order valence-electron chi connectivity index (χ2n) is 6.32. The van der Waals surface area contributed by atoms with Crippen LogP contribution >= 0.6 is 0 Å². The molecule has 0 saturated heterocycles. The maximum absolute atomic E-state index is 4.38. The molecule has 2 aromatic rings. The van der Waals surface area contributed by atoms with Crippen LogP contribution in [-0.2, 0) is 19.4 Å². The van der Waals surface area contributed by atoms with Crippen molar-refractivity contribution in [2.24, 2.45) is 0 Å². The van der Waals surface area contributed by atoms with Gasteiger partial charge >= 0.3 is 0 Å². The third-order valence-corrected chi connectivity index (χ3v) is 4.33. The predicted octanol–water partition coefficient (Wildman–Crippen LogP) is 3.24. The highest BCUT2D eigenvalue weighted by atomic mass is 15.3. The Kier molecular flexibility index (Phi) is 5.59. The highest BCUT2D eigenvalue weighted by molar-refractivity contribution is 5.52. The number of aromatic nitrogens is 3. The van der Waals surface area contributed by atoms with Gasteiger partial charge in [-0.1, -0.05) is 48.4 Å². The Morgan fingerprint density at radius 2 is 2.04 bits per heavy atom. The summed E-state index contributed by atoms with van der Waals surface area (Å²) in [6, 6.07) is 10.5. The Bertz CT molecular complexity index is 643. The van der Waals surface area contributed by atoms with Gasteiger partial charge in [0.05, 0.1) is 0 Å². The molecule has 4 nitrogen and oxygen atoms in total. The minimum Gasteiger partial charge on any atom is -0.315 e. The molecule has 0 amide bonds. The molecular formula is C19H26N4. The molecule has 1 aromatic carbocycles. The first-order chi connectivity index (χ1) is 11.3. The molecule has 1 N–H and O–H groups in total. The van der Waals surface area contributed by atoms with Gasteiger partial charge in [0.25, 0.3) is 0 Å². The quantitative estimate of drug-likeness (QED) is 0.833. The van der Waals surface area contributed by atoms with Gasteiger partial charge in [-0.25, -0.2) is 0 Å². The zero-order valence-electron chi connectivity index (χ0n) is 14.0. The highest BCUT2D eigenvalue weighted by Gasteiger charge is 2.13. The lowest BCUT2D eigenvalue weighted by molar-refractivity contribution is 0.593. The number of nitrogens with one attached hydrogen (secondary N) is 1. The fourth-order valence-electron chi connectivity index (χ4n) is 3.10. The Balaban J connectivity index is 1.47. The van der Waals surface area contributed by atoms with E-state index in [1.165, 1.54) is 36.2 Å². The Hall–Kier alpha value is -1.94. The molecule has 0 fully saturated rings. The molecule has 23 heavy (non-hydrogen) atoms. The second-order valence-corrected chi connectivity index (χ2v) is 6.32. The zero-order valence-corrected chi connectivity index (χ0v) is 14.0. The number of hydrogen-bond acceptors (Lipinski definition) is 3. The Morgan fingerprint density at radius 3 is 2.91 bits per heavy atom. The molecule has 2 heterocycles. The standard InChI is InChI=1S/C19H26N4/c1-16(14-17-8-4-2-5-9-17)15-20-12-11-19-22-21-18-10-6-3-7-13-23(18)19/h2,4-5,8-9,14,20H,3,6-7,10-13,15H2,1H3/b16-14+. The molecule has 1 aromatic heterocycles. The van der Waals surface area contributed by atoms with Gasteiger partial charge in [-0.3, -0.25) is 0 Å². The van der Waals surface area contributed by atoms with Crippen LogP contribution in [0.3, 0.4) is 0 Å². The highest BCUT2D eigenvalue weighted by Crippen LogP contribution is 2.14. The molecular weight excluding hydrogens is 284 g/mol. The maximum atomic E-state index is 4.38. The van der Waals surface area contributed by atoms with E-state index in [0.717, 1.165) is 38.3 Å². The van der Waals surface area contributed by atoms with Crippen molar-refractivity contribution in [3.63, 3.8) is 0 Å². The van der Waals surface area contributed by atoms with E-state index in [-0.39, 0.29) is 0 Å². The molecule has 3 rings (SSSR count). The predicted molar refractivity (Wildman–Crippen MR) is 94.2 cm³/mol. The molecule has 0 spiro atoms. The van der Waals surface area contributed by atoms with Crippen molar-refractivity contribution in [2.75, 3.05) is 13.1 Å². The van der Waals surface area contributed by atoms with Crippen molar-refractivity contribution >= 4 is 6.08 Å². The molecule has 0 radical (unpaired) electrons. The average Bonchev–Trinajstić information content (AvgIpc) is 2.79. The summed E-state index contributed by atoms with van der Waals surface area (Å²) in [5.74, 6) is 2.32. The minimum absolute atomic E-state index is 0.913. The van der Waals surface area contributed by atoms with Gasteiger partial charge in [-0.05, 0) is 25.3 Å². The normalized spacial score (nSPS) is 15.3. The number of nitrogens with zero attached hydrogens (tertiary/aromatic N) is 3. The summed E-state index contributed by atoms with van der Waals surface area (Å²) in [4.78, 5) is 0. The summed E-state index contributed by atoms with van der Waals surface area (Å²) in [5, 5.41) is 12.3. The smallest absolute Gasteiger partial charge is 0.134 e. The molecule has 0 atom stereocenters. The molecule has 0 saturated carbocycles. The minimum atomic E-state index is 0.913. The number of hydrogen-bond donors (Lipinski definition) is 1. The van der Waals surface area contributed by atoms with Crippen LogP contribution in [0.25, 0.3) is 6.08 Å². The van der Waals surface area contributed by atoms with E-state index < -0.39 is 0 Å². The molecule has 1 aliphatic heterocycles. The van der Waals surface area contributed by atoms with E-state index in [2.05, 4.69) is 57.3 Å². The topological polar surface area (TPSA) is 42.7 Å². The summed E-state index contributed by atoms with van der Waals surface area (Å²) in [6.07, 6.45) is 8.08. The molecule has 1 aliphatic rings. The van der Waals surface area contributed by atoms with Crippen LogP contribution < -0.4 is 5.32 Å². The Labute approximate surface area is 138 Å². The van der Waals surface area contributed by atoms with Crippen LogP contribution in [0.2, 0.25) is 0 Å². The third-order valence-electron chi connectivity index (χ3n) is 4.33. The maximum Gasteiger partial charge on any atom is 0.134 e. The van der Waals surface area contributed by atoms with Crippen LogP contribution in [0.1, 0.15) is 43.4 Å². The van der Waals surface area contributed by atoms with E-state index in [0.29, 0.717) is 0 Å². The molecule has 0 unspecified atom stereocenters. The Morgan fingerprint density at radius 1 is 1.17 bits per heavy atom. The van der Waals surface area contributed by atoms with Gasteiger partial charge in [-0.15, -0.1) is 10.2 Å². The van der Waals surface area contributed by atoms with Crippen LogP contribution in [0.15, 0.2) is 35.9 Å². The van der Waals surface area contributed by atoms with Gasteiger partial charge in [-0.2, -0.15) is 0 Å². The molecule has 4 heteroatoms. The fourth-order valence-corrected chi connectivity index (χ4v) is 3.10. The monoisotopic (exact) mass is 310 g/mol. The number of aryl methyl sites for hydroxylation is 1. The lowest BCUT2D eigenvalue weighted by Gasteiger charge is -2.08. The lowest BCUT2D eigenvalue weighted by Crippen LogP contribution is -2.21. The first-order valence-corrected chi connectivity index (χ1v) is 8.67. The number of benzene rings is 1. The van der Waals surface area contributed by atoms with Gasteiger partial charge in [0.1, 0.15) is 11.6 Å². The van der Waals surface area contributed by atoms with Crippen LogP contribution in [0, 0.1) is 0 Å². The van der Waals surface area contributed by atoms with Gasteiger partial charge < -0.3 is 9.88 Å². The number of fused-ring (bicyclic) bond motifs is 1. The fraction of sp³-hybridized carbons (Fsp3) is 0.474. The van der Waals surface area contributed by atoms with Crippen molar-refractivity contribution in [1.29, 1.82) is 0 Å². The SMILES string of the molecule is C/C(=C\c1ccccc1)CNCCc1nnc2n1CCCCC2. The molecule has 0 aliphatic carbocycles. The van der Waals surface area contributed by atoms with Gasteiger partial charge in [0.2, 0.25) is 0 Å².